The Morgan fingerprint density at radius 1 is 1.29 bits per heavy atom. The molecule has 1 heterocycles. The standard InChI is InChI=1S/C11H9FNS/c1-7-8(2)14-11(13-7)9-3-5-10(12)6-4-9/h3-6H,2H2,1H3. The average Bonchev–Trinajstić information content (AvgIpc) is 2.48. The van der Waals surface area contributed by atoms with Crippen molar-refractivity contribution in [1.29, 1.82) is 0 Å². The Labute approximate surface area is 86.2 Å². The van der Waals surface area contributed by atoms with Crippen molar-refractivity contribution in [3.05, 3.63) is 47.6 Å². The lowest BCUT2D eigenvalue weighted by molar-refractivity contribution is 0.628. The summed E-state index contributed by atoms with van der Waals surface area (Å²) in [5.41, 5.74) is 1.88. The van der Waals surface area contributed by atoms with Crippen LogP contribution in [0.2, 0.25) is 0 Å². The van der Waals surface area contributed by atoms with Crippen molar-refractivity contribution in [2.24, 2.45) is 0 Å². The second-order valence-corrected chi connectivity index (χ2v) is 4.12. The zero-order chi connectivity index (χ0) is 10.1. The number of hydrogen-bond acceptors (Lipinski definition) is 2. The summed E-state index contributed by atoms with van der Waals surface area (Å²) in [5, 5.41) is 0.896. The van der Waals surface area contributed by atoms with Crippen LogP contribution in [0.3, 0.4) is 0 Å². The molecule has 0 saturated heterocycles. The van der Waals surface area contributed by atoms with Gasteiger partial charge in [-0.3, -0.25) is 0 Å². The molecule has 1 nitrogen and oxygen atoms in total. The molecular formula is C11H9FNS. The van der Waals surface area contributed by atoms with Crippen LogP contribution >= 0.6 is 11.3 Å². The highest BCUT2D eigenvalue weighted by Crippen LogP contribution is 2.26. The predicted octanol–water partition coefficient (Wildman–Crippen LogP) is 3.44. The van der Waals surface area contributed by atoms with Crippen LogP contribution in [0.1, 0.15) is 10.6 Å². The highest BCUT2D eigenvalue weighted by atomic mass is 32.1. The second-order valence-electron chi connectivity index (χ2n) is 3.03. The van der Waals surface area contributed by atoms with Gasteiger partial charge in [-0.1, -0.05) is 0 Å². The molecule has 0 aliphatic heterocycles. The molecule has 1 aromatic carbocycles. The summed E-state index contributed by atoms with van der Waals surface area (Å²) in [6, 6.07) is 6.34. The minimum absolute atomic E-state index is 0.225. The molecule has 0 fully saturated rings. The van der Waals surface area contributed by atoms with Crippen LogP contribution in [0.5, 0.6) is 0 Å². The van der Waals surface area contributed by atoms with E-state index in [1.807, 2.05) is 6.92 Å². The van der Waals surface area contributed by atoms with Crippen LogP contribution in [-0.2, 0) is 0 Å². The molecule has 0 amide bonds. The van der Waals surface area contributed by atoms with Gasteiger partial charge in [0.1, 0.15) is 10.8 Å². The number of halogens is 1. The summed E-state index contributed by atoms with van der Waals surface area (Å²) in [6.45, 7) is 5.79. The molecule has 0 saturated carbocycles. The average molecular weight is 206 g/mol. The van der Waals surface area contributed by atoms with E-state index in [9.17, 15) is 4.39 Å². The van der Waals surface area contributed by atoms with Gasteiger partial charge < -0.3 is 0 Å². The summed E-state index contributed by atoms with van der Waals surface area (Å²) in [4.78, 5) is 5.31. The van der Waals surface area contributed by atoms with Crippen molar-refractivity contribution in [1.82, 2.24) is 4.98 Å². The first-order valence-corrected chi connectivity index (χ1v) is 5.04. The molecule has 0 spiro atoms. The molecular weight excluding hydrogens is 197 g/mol. The van der Waals surface area contributed by atoms with E-state index in [0.717, 1.165) is 21.1 Å². The van der Waals surface area contributed by atoms with Crippen LogP contribution in [0.4, 0.5) is 4.39 Å². The first kappa shape index (κ1) is 9.34. The molecule has 71 valence electrons. The van der Waals surface area contributed by atoms with Crippen molar-refractivity contribution in [2.45, 2.75) is 6.92 Å². The van der Waals surface area contributed by atoms with E-state index in [2.05, 4.69) is 11.9 Å². The van der Waals surface area contributed by atoms with Crippen molar-refractivity contribution >= 4 is 11.3 Å². The maximum absolute atomic E-state index is 12.7. The third kappa shape index (κ3) is 1.68. The van der Waals surface area contributed by atoms with Crippen LogP contribution in [0.25, 0.3) is 10.6 Å². The van der Waals surface area contributed by atoms with Gasteiger partial charge in [-0.25, -0.2) is 9.37 Å². The molecule has 3 heteroatoms. The van der Waals surface area contributed by atoms with E-state index in [-0.39, 0.29) is 5.82 Å². The van der Waals surface area contributed by atoms with Crippen molar-refractivity contribution in [3.8, 4) is 10.6 Å². The molecule has 0 N–H and O–H groups in total. The number of aryl methyl sites for hydroxylation is 1. The molecule has 14 heavy (non-hydrogen) atoms. The largest absolute Gasteiger partial charge is 0.241 e. The van der Waals surface area contributed by atoms with Gasteiger partial charge in [-0.15, -0.1) is 11.3 Å². The Morgan fingerprint density at radius 2 is 1.93 bits per heavy atom. The normalized spacial score (nSPS) is 10.5. The van der Waals surface area contributed by atoms with Gasteiger partial charge in [0.05, 0.1) is 5.69 Å². The smallest absolute Gasteiger partial charge is 0.123 e. The zero-order valence-corrected chi connectivity index (χ0v) is 8.57. The lowest BCUT2D eigenvalue weighted by Gasteiger charge is -1.94. The van der Waals surface area contributed by atoms with E-state index in [1.54, 1.807) is 12.1 Å². The van der Waals surface area contributed by atoms with Crippen molar-refractivity contribution < 1.29 is 4.39 Å². The molecule has 0 bridgehead atoms. The Kier molecular flexibility index (Phi) is 2.33. The fourth-order valence-electron chi connectivity index (χ4n) is 1.14. The number of aromatic nitrogens is 1. The van der Waals surface area contributed by atoms with Crippen LogP contribution in [-0.4, -0.2) is 4.98 Å². The van der Waals surface area contributed by atoms with Crippen LogP contribution in [0, 0.1) is 19.7 Å². The number of nitrogens with zero attached hydrogens (tertiary/aromatic N) is 1. The minimum atomic E-state index is -0.225. The molecule has 0 atom stereocenters. The van der Waals surface area contributed by atoms with Gasteiger partial charge in [0, 0.05) is 10.4 Å². The van der Waals surface area contributed by atoms with E-state index in [0.29, 0.717) is 0 Å². The highest BCUT2D eigenvalue weighted by molar-refractivity contribution is 7.15. The van der Waals surface area contributed by atoms with Gasteiger partial charge in [0.25, 0.3) is 0 Å². The van der Waals surface area contributed by atoms with Crippen LogP contribution in [0.15, 0.2) is 24.3 Å². The first-order chi connectivity index (χ1) is 6.66. The Balaban J connectivity index is 2.44. The number of thiazole rings is 1. The van der Waals surface area contributed by atoms with Gasteiger partial charge in [0.2, 0.25) is 0 Å². The lowest BCUT2D eigenvalue weighted by atomic mass is 10.2. The molecule has 0 unspecified atom stereocenters. The summed E-state index contributed by atoms with van der Waals surface area (Å²) in [5.74, 6) is -0.225. The molecule has 0 aliphatic carbocycles. The number of rotatable bonds is 1. The topological polar surface area (TPSA) is 12.9 Å². The number of benzene rings is 1. The Morgan fingerprint density at radius 3 is 2.43 bits per heavy atom. The van der Waals surface area contributed by atoms with Gasteiger partial charge >= 0.3 is 0 Å². The molecule has 2 rings (SSSR count). The molecule has 0 aliphatic rings. The third-order valence-electron chi connectivity index (χ3n) is 1.98. The van der Waals surface area contributed by atoms with E-state index in [4.69, 9.17) is 0 Å². The summed E-state index contributed by atoms with van der Waals surface area (Å²) < 4.78 is 12.7. The predicted molar refractivity (Wildman–Crippen MR) is 56.7 cm³/mol. The van der Waals surface area contributed by atoms with Crippen LogP contribution < -0.4 is 0 Å². The summed E-state index contributed by atoms with van der Waals surface area (Å²) in [7, 11) is 0. The fraction of sp³-hybridized carbons (Fsp3) is 0.0909. The SMILES string of the molecule is [CH2]c1sc(-c2ccc(F)cc2)nc1C. The van der Waals surface area contributed by atoms with E-state index >= 15 is 0 Å². The summed E-state index contributed by atoms with van der Waals surface area (Å²) in [6.07, 6.45) is 0. The monoisotopic (exact) mass is 206 g/mol. The molecule has 2 aromatic rings. The van der Waals surface area contributed by atoms with Gasteiger partial charge in [-0.05, 0) is 38.1 Å². The Bertz CT molecular complexity index is 425. The van der Waals surface area contributed by atoms with Crippen molar-refractivity contribution in [3.63, 3.8) is 0 Å². The third-order valence-corrected chi connectivity index (χ3v) is 3.05. The van der Waals surface area contributed by atoms with E-state index in [1.165, 1.54) is 23.5 Å². The highest BCUT2D eigenvalue weighted by Gasteiger charge is 2.05. The first-order valence-electron chi connectivity index (χ1n) is 4.22. The second kappa shape index (κ2) is 3.50. The molecule has 1 radical (unpaired) electrons. The minimum Gasteiger partial charge on any atom is -0.241 e. The fourth-order valence-corrected chi connectivity index (χ4v) is 2.01. The van der Waals surface area contributed by atoms with E-state index < -0.39 is 0 Å². The quantitative estimate of drug-likeness (QED) is 0.696. The zero-order valence-electron chi connectivity index (χ0n) is 7.75. The van der Waals surface area contributed by atoms with Gasteiger partial charge in [-0.2, -0.15) is 0 Å². The van der Waals surface area contributed by atoms with Crippen molar-refractivity contribution in [2.75, 3.05) is 0 Å². The number of hydrogen-bond donors (Lipinski definition) is 0. The lowest BCUT2D eigenvalue weighted by Crippen LogP contribution is -1.78. The summed E-state index contributed by atoms with van der Waals surface area (Å²) >= 11 is 1.53. The Hall–Kier alpha value is -1.22. The molecule has 1 aromatic heterocycles. The maximum atomic E-state index is 12.7. The van der Waals surface area contributed by atoms with Gasteiger partial charge in [0.15, 0.2) is 0 Å². The maximum Gasteiger partial charge on any atom is 0.123 e.